The van der Waals surface area contributed by atoms with Crippen molar-refractivity contribution in [2.45, 2.75) is 38.4 Å². The highest BCUT2D eigenvalue weighted by Gasteiger charge is 2.35. The lowest BCUT2D eigenvalue weighted by Crippen LogP contribution is -2.37. The number of rotatable bonds is 2. The summed E-state index contributed by atoms with van der Waals surface area (Å²) in [6.45, 7) is 4.45. The first-order valence-corrected chi connectivity index (χ1v) is 5.66. The molecule has 1 N–H and O–H groups in total. The second-order valence-corrected chi connectivity index (χ2v) is 4.50. The van der Waals surface area contributed by atoms with Crippen LogP contribution in [0.2, 0.25) is 0 Å². The normalized spacial score (nSPS) is 41.1. The summed E-state index contributed by atoms with van der Waals surface area (Å²) in [5.74, 6) is 0.652. The maximum absolute atomic E-state index is 10.2. The Bertz CT molecular complexity index is 177. The molecule has 4 unspecified atom stereocenters. The average molecular weight is 200 g/mol. The van der Waals surface area contributed by atoms with Crippen molar-refractivity contribution in [2.75, 3.05) is 19.8 Å². The van der Waals surface area contributed by atoms with E-state index in [9.17, 15) is 5.11 Å². The molecule has 0 aliphatic carbocycles. The monoisotopic (exact) mass is 200 g/mol. The summed E-state index contributed by atoms with van der Waals surface area (Å²) in [6, 6.07) is 0. The standard InChI is InChI=1S/C11H20O3/c1-8-10(4-6-14-8)11(12)9-3-2-5-13-7-9/h8-12H,2-7H2,1H3. The molecule has 2 saturated heterocycles. The molecule has 0 radical (unpaired) electrons. The van der Waals surface area contributed by atoms with Crippen LogP contribution in [0.25, 0.3) is 0 Å². The maximum atomic E-state index is 10.2. The fraction of sp³-hybridized carbons (Fsp3) is 1.00. The predicted molar refractivity (Wildman–Crippen MR) is 53.1 cm³/mol. The predicted octanol–water partition coefficient (Wildman–Crippen LogP) is 1.20. The van der Waals surface area contributed by atoms with Crippen LogP contribution in [-0.2, 0) is 9.47 Å². The van der Waals surface area contributed by atoms with Crippen LogP contribution in [0, 0.1) is 11.8 Å². The van der Waals surface area contributed by atoms with E-state index in [0.717, 1.165) is 39.1 Å². The molecule has 0 aromatic rings. The van der Waals surface area contributed by atoms with Crippen molar-refractivity contribution < 1.29 is 14.6 Å². The number of hydrogen-bond donors (Lipinski definition) is 1. The molecule has 0 amide bonds. The molecular weight excluding hydrogens is 180 g/mol. The first kappa shape index (κ1) is 10.4. The van der Waals surface area contributed by atoms with Crippen molar-refractivity contribution in [3.8, 4) is 0 Å². The summed E-state index contributed by atoms with van der Waals surface area (Å²) >= 11 is 0. The third-order valence-corrected chi connectivity index (χ3v) is 3.55. The summed E-state index contributed by atoms with van der Waals surface area (Å²) in [5, 5.41) is 10.2. The van der Waals surface area contributed by atoms with E-state index in [1.54, 1.807) is 0 Å². The zero-order chi connectivity index (χ0) is 9.97. The van der Waals surface area contributed by atoms with E-state index in [0.29, 0.717) is 11.8 Å². The summed E-state index contributed by atoms with van der Waals surface area (Å²) in [6.07, 6.45) is 3.17. The van der Waals surface area contributed by atoms with E-state index in [2.05, 4.69) is 6.92 Å². The largest absolute Gasteiger partial charge is 0.392 e. The molecule has 0 aromatic heterocycles. The van der Waals surface area contributed by atoms with Crippen molar-refractivity contribution >= 4 is 0 Å². The zero-order valence-corrected chi connectivity index (χ0v) is 8.82. The summed E-state index contributed by atoms with van der Waals surface area (Å²) < 4.78 is 10.9. The van der Waals surface area contributed by atoms with Crippen LogP contribution in [0.15, 0.2) is 0 Å². The van der Waals surface area contributed by atoms with Crippen molar-refractivity contribution in [1.29, 1.82) is 0 Å². The first-order chi connectivity index (χ1) is 6.79. The summed E-state index contributed by atoms with van der Waals surface area (Å²) in [5.41, 5.74) is 0. The Labute approximate surface area is 85.4 Å². The van der Waals surface area contributed by atoms with Gasteiger partial charge in [0.05, 0.1) is 18.8 Å². The molecule has 4 atom stereocenters. The number of hydrogen-bond acceptors (Lipinski definition) is 3. The third kappa shape index (κ3) is 2.10. The minimum absolute atomic E-state index is 0.215. The molecule has 3 nitrogen and oxygen atoms in total. The van der Waals surface area contributed by atoms with Crippen molar-refractivity contribution in [2.24, 2.45) is 11.8 Å². The van der Waals surface area contributed by atoms with Gasteiger partial charge in [0.25, 0.3) is 0 Å². The highest BCUT2D eigenvalue weighted by Crippen LogP contribution is 2.30. The van der Waals surface area contributed by atoms with E-state index in [1.165, 1.54) is 0 Å². The Kier molecular flexibility index (Phi) is 3.42. The van der Waals surface area contributed by atoms with Gasteiger partial charge in [-0.1, -0.05) is 0 Å². The van der Waals surface area contributed by atoms with Gasteiger partial charge in [-0.3, -0.25) is 0 Å². The summed E-state index contributed by atoms with van der Waals surface area (Å²) in [7, 11) is 0. The lowest BCUT2D eigenvalue weighted by molar-refractivity contribution is -0.0460. The smallest absolute Gasteiger partial charge is 0.0644 e. The van der Waals surface area contributed by atoms with Crippen LogP contribution in [0.4, 0.5) is 0 Å². The molecule has 0 saturated carbocycles. The Hall–Kier alpha value is -0.120. The van der Waals surface area contributed by atoms with Crippen LogP contribution in [-0.4, -0.2) is 37.1 Å². The number of aliphatic hydroxyl groups is 1. The van der Waals surface area contributed by atoms with Crippen LogP contribution in [0.3, 0.4) is 0 Å². The first-order valence-electron chi connectivity index (χ1n) is 5.66. The topological polar surface area (TPSA) is 38.7 Å². The fourth-order valence-electron chi connectivity index (χ4n) is 2.58. The Morgan fingerprint density at radius 1 is 1.29 bits per heavy atom. The van der Waals surface area contributed by atoms with Gasteiger partial charge < -0.3 is 14.6 Å². The lowest BCUT2D eigenvalue weighted by atomic mass is 9.84. The van der Waals surface area contributed by atoms with Crippen molar-refractivity contribution in [3.63, 3.8) is 0 Å². The number of aliphatic hydroxyl groups excluding tert-OH is 1. The molecule has 2 fully saturated rings. The van der Waals surface area contributed by atoms with Gasteiger partial charge in [0.1, 0.15) is 0 Å². The van der Waals surface area contributed by atoms with Crippen LogP contribution >= 0.6 is 0 Å². The molecule has 2 aliphatic rings. The highest BCUT2D eigenvalue weighted by molar-refractivity contribution is 4.84. The van der Waals surface area contributed by atoms with Crippen molar-refractivity contribution in [3.05, 3.63) is 0 Å². The highest BCUT2D eigenvalue weighted by atomic mass is 16.5. The second-order valence-electron chi connectivity index (χ2n) is 4.50. The van der Waals surface area contributed by atoms with E-state index in [-0.39, 0.29) is 12.2 Å². The molecule has 0 aromatic carbocycles. The van der Waals surface area contributed by atoms with E-state index >= 15 is 0 Å². The summed E-state index contributed by atoms with van der Waals surface area (Å²) in [4.78, 5) is 0. The number of ether oxygens (including phenoxy) is 2. The SMILES string of the molecule is CC1OCCC1C(O)C1CCCOC1. The van der Waals surface area contributed by atoms with Gasteiger partial charge in [-0.15, -0.1) is 0 Å². The second kappa shape index (κ2) is 4.60. The Morgan fingerprint density at radius 2 is 2.14 bits per heavy atom. The minimum atomic E-state index is -0.229. The fourth-order valence-corrected chi connectivity index (χ4v) is 2.58. The van der Waals surface area contributed by atoms with Gasteiger partial charge in [0.15, 0.2) is 0 Å². The lowest BCUT2D eigenvalue weighted by Gasteiger charge is -2.31. The van der Waals surface area contributed by atoms with E-state index < -0.39 is 0 Å². The van der Waals surface area contributed by atoms with Gasteiger partial charge in [0, 0.05) is 25.0 Å². The molecule has 82 valence electrons. The molecule has 2 rings (SSSR count). The van der Waals surface area contributed by atoms with Gasteiger partial charge in [-0.05, 0) is 26.2 Å². The van der Waals surface area contributed by atoms with Gasteiger partial charge in [-0.25, -0.2) is 0 Å². The quantitative estimate of drug-likeness (QED) is 0.728. The third-order valence-electron chi connectivity index (χ3n) is 3.55. The minimum Gasteiger partial charge on any atom is -0.392 e. The van der Waals surface area contributed by atoms with Gasteiger partial charge >= 0.3 is 0 Å². The molecule has 0 spiro atoms. The van der Waals surface area contributed by atoms with E-state index in [1.807, 2.05) is 0 Å². The zero-order valence-electron chi connectivity index (χ0n) is 8.82. The maximum Gasteiger partial charge on any atom is 0.0644 e. The van der Waals surface area contributed by atoms with Crippen LogP contribution in [0.5, 0.6) is 0 Å². The van der Waals surface area contributed by atoms with Crippen LogP contribution in [0.1, 0.15) is 26.2 Å². The van der Waals surface area contributed by atoms with E-state index in [4.69, 9.17) is 9.47 Å². The van der Waals surface area contributed by atoms with Crippen LogP contribution < -0.4 is 0 Å². The molecule has 14 heavy (non-hydrogen) atoms. The molecule has 2 aliphatic heterocycles. The van der Waals surface area contributed by atoms with Gasteiger partial charge in [-0.2, -0.15) is 0 Å². The van der Waals surface area contributed by atoms with Gasteiger partial charge in [0.2, 0.25) is 0 Å². The molecule has 0 bridgehead atoms. The Balaban J connectivity index is 1.89. The Morgan fingerprint density at radius 3 is 2.71 bits per heavy atom. The molecule has 3 heteroatoms. The molecule has 2 heterocycles. The molecular formula is C11H20O3. The average Bonchev–Trinajstić information content (AvgIpc) is 2.65. The van der Waals surface area contributed by atoms with Crippen molar-refractivity contribution in [1.82, 2.24) is 0 Å².